The molecule has 0 heterocycles. The summed E-state index contributed by atoms with van der Waals surface area (Å²) in [5.74, 6) is 0. The van der Waals surface area contributed by atoms with Gasteiger partial charge in [0, 0.05) is 0 Å². The van der Waals surface area contributed by atoms with Crippen molar-refractivity contribution < 1.29 is 13.2 Å². The number of hydrogen-bond donors (Lipinski definition) is 0. The molecule has 70 valence electrons. The SMILES string of the molecule is CC.CC1=CC(C(F)(F)F)=CC1. The summed E-state index contributed by atoms with van der Waals surface area (Å²) in [5.41, 5.74) is 0.261. The van der Waals surface area contributed by atoms with Crippen LogP contribution in [0.25, 0.3) is 0 Å². The van der Waals surface area contributed by atoms with E-state index in [-0.39, 0.29) is 0 Å². The van der Waals surface area contributed by atoms with Crippen molar-refractivity contribution in [3.63, 3.8) is 0 Å². The van der Waals surface area contributed by atoms with Gasteiger partial charge in [0.15, 0.2) is 0 Å². The molecular weight excluding hydrogens is 165 g/mol. The number of halogens is 3. The molecule has 1 aliphatic rings. The molecule has 0 spiro atoms. The lowest BCUT2D eigenvalue weighted by atomic mass is 10.3. The van der Waals surface area contributed by atoms with Crippen LogP contribution >= 0.6 is 0 Å². The molecular formula is C9H13F3. The zero-order valence-corrected chi connectivity index (χ0v) is 7.50. The highest BCUT2D eigenvalue weighted by atomic mass is 19.4. The molecule has 0 aromatic rings. The lowest BCUT2D eigenvalue weighted by molar-refractivity contribution is -0.0880. The first-order valence-corrected chi connectivity index (χ1v) is 3.94. The van der Waals surface area contributed by atoms with Crippen LogP contribution in [0.3, 0.4) is 0 Å². The topological polar surface area (TPSA) is 0 Å². The van der Waals surface area contributed by atoms with E-state index in [1.807, 2.05) is 13.8 Å². The van der Waals surface area contributed by atoms with Crippen molar-refractivity contribution in [2.24, 2.45) is 0 Å². The largest absolute Gasteiger partial charge is 0.416 e. The van der Waals surface area contributed by atoms with Crippen molar-refractivity contribution in [2.75, 3.05) is 0 Å². The van der Waals surface area contributed by atoms with Gasteiger partial charge < -0.3 is 0 Å². The molecule has 1 rings (SSSR count). The van der Waals surface area contributed by atoms with Crippen LogP contribution in [0.2, 0.25) is 0 Å². The van der Waals surface area contributed by atoms with Crippen molar-refractivity contribution >= 4 is 0 Å². The van der Waals surface area contributed by atoms with Gasteiger partial charge in [-0.05, 0) is 13.3 Å². The van der Waals surface area contributed by atoms with Gasteiger partial charge in [-0.2, -0.15) is 13.2 Å². The Labute approximate surface area is 70.8 Å². The van der Waals surface area contributed by atoms with Gasteiger partial charge in [0.05, 0.1) is 5.57 Å². The van der Waals surface area contributed by atoms with E-state index in [1.165, 1.54) is 12.2 Å². The van der Waals surface area contributed by atoms with Gasteiger partial charge in [-0.3, -0.25) is 0 Å². The lowest BCUT2D eigenvalue weighted by Crippen LogP contribution is -2.08. The summed E-state index contributed by atoms with van der Waals surface area (Å²) in [6.07, 6.45) is -1.33. The average molecular weight is 178 g/mol. The number of hydrogen-bond acceptors (Lipinski definition) is 0. The highest BCUT2D eigenvalue weighted by molar-refractivity contribution is 5.34. The van der Waals surface area contributed by atoms with E-state index < -0.39 is 11.7 Å². The van der Waals surface area contributed by atoms with Gasteiger partial charge in [0.25, 0.3) is 0 Å². The highest BCUT2D eigenvalue weighted by Crippen LogP contribution is 2.31. The van der Waals surface area contributed by atoms with E-state index >= 15 is 0 Å². The minimum Gasteiger partial charge on any atom is -0.166 e. The van der Waals surface area contributed by atoms with Gasteiger partial charge in [0.1, 0.15) is 0 Å². The summed E-state index contributed by atoms with van der Waals surface area (Å²) >= 11 is 0. The molecule has 0 radical (unpaired) electrons. The second-order valence-corrected chi connectivity index (χ2v) is 2.35. The first-order valence-electron chi connectivity index (χ1n) is 3.94. The third-order valence-corrected chi connectivity index (χ3v) is 1.37. The van der Waals surface area contributed by atoms with Crippen molar-refractivity contribution in [3.8, 4) is 0 Å². The van der Waals surface area contributed by atoms with Crippen LogP contribution in [0.15, 0.2) is 23.3 Å². The van der Waals surface area contributed by atoms with E-state index in [4.69, 9.17) is 0 Å². The molecule has 0 saturated carbocycles. The van der Waals surface area contributed by atoms with Crippen LogP contribution in [-0.2, 0) is 0 Å². The van der Waals surface area contributed by atoms with Gasteiger partial charge in [-0.15, -0.1) is 0 Å². The van der Waals surface area contributed by atoms with Crippen molar-refractivity contribution in [2.45, 2.75) is 33.4 Å². The fourth-order valence-corrected chi connectivity index (χ4v) is 0.852. The van der Waals surface area contributed by atoms with Crippen LogP contribution in [0, 0.1) is 0 Å². The second kappa shape index (κ2) is 4.33. The summed E-state index contributed by atoms with van der Waals surface area (Å²) in [4.78, 5) is 0. The maximum absolute atomic E-state index is 11.8. The maximum Gasteiger partial charge on any atom is 0.416 e. The third kappa shape index (κ3) is 3.11. The van der Waals surface area contributed by atoms with Gasteiger partial charge in [-0.25, -0.2) is 0 Å². The molecule has 0 bridgehead atoms. The van der Waals surface area contributed by atoms with E-state index in [0.717, 1.165) is 5.57 Å². The predicted octanol–water partition coefficient (Wildman–Crippen LogP) is 3.85. The monoisotopic (exact) mass is 178 g/mol. The van der Waals surface area contributed by atoms with E-state index in [1.54, 1.807) is 6.92 Å². The Morgan fingerprint density at radius 2 is 1.75 bits per heavy atom. The quantitative estimate of drug-likeness (QED) is 0.528. The van der Waals surface area contributed by atoms with E-state index in [9.17, 15) is 13.2 Å². The van der Waals surface area contributed by atoms with Crippen molar-refractivity contribution in [1.82, 2.24) is 0 Å². The fraction of sp³-hybridized carbons (Fsp3) is 0.556. The summed E-state index contributed by atoms with van der Waals surface area (Å²) in [6.45, 7) is 5.69. The normalized spacial score (nSPS) is 16.2. The Morgan fingerprint density at radius 1 is 1.25 bits per heavy atom. The maximum atomic E-state index is 11.8. The Kier molecular flexibility index (Phi) is 4.07. The van der Waals surface area contributed by atoms with Gasteiger partial charge in [-0.1, -0.05) is 31.6 Å². The predicted molar refractivity (Wildman–Crippen MR) is 43.9 cm³/mol. The average Bonchev–Trinajstić information content (AvgIpc) is 2.39. The molecule has 0 N–H and O–H groups in total. The summed E-state index contributed by atoms with van der Waals surface area (Å²) in [7, 11) is 0. The van der Waals surface area contributed by atoms with Crippen LogP contribution < -0.4 is 0 Å². The molecule has 0 saturated heterocycles. The molecule has 3 heteroatoms. The summed E-state index contributed by atoms with van der Waals surface area (Å²) in [6, 6.07) is 0. The smallest absolute Gasteiger partial charge is 0.166 e. The Balaban J connectivity index is 0.000000561. The second-order valence-electron chi connectivity index (χ2n) is 2.35. The summed E-state index contributed by atoms with van der Waals surface area (Å²) in [5, 5.41) is 0. The number of alkyl halides is 3. The number of rotatable bonds is 0. The third-order valence-electron chi connectivity index (χ3n) is 1.37. The molecule has 0 amide bonds. The number of allylic oxidation sites excluding steroid dienone is 4. The molecule has 1 aliphatic carbocycles. The molecule has 0 aliphatic heterocycles. The zero-order chi connectivity index (χ0) is 9.78. The van der Waals surface area contributed by atoms with Crippen LogP contribution in [-0.4, -0.2) is 6.18 Å². The molecule has 0 aromatic heterocycles. The molecule has 12 heavy (non-hydrogen) atoms. The lowest BCUT2D eigenvalue weighted by Gasteiger charge is -2.03. The molecule has 0 fully saturated rings. The Morgan fingerprint density at radius 3 is 1.92 bits per heavy atom. The molecule has 0 nitrogen and oxygen atoms in total. The van der Waals surface area contributed by atoms with E-state index in [2.05, 4.69) is 0 Å². The highest BCUT2D eigenvalue weighted by Gasteiger charge is 2.33. The van der Waals surface area contributed by atoms with E-state index in [0.29, 0.717) is 6.42 Å². The van der Waals surface area contributed by atoms with Crippen LogP contribution in [0.5, 0.6) is 0 Å². The van der Waals surface area contributed by atoms with Gasteiger partial charge >= 0.3 is 6.18 Å². The van der Waals surface area contributed by atoms with Crippen molar-refractivity contribution in [1.29, 1.82) is 0 Å². The van der Waals surface area contributed by atoms with Gasteiger partial charge in [0.2, 0.25) is 0 Å². The first-order chi connectivity index (χ1) is 5.50. The molecule has 0 atom stereocenters. The molecule has 0 aromatic carbocycles. The molecule has 0 unspecified atom stereocenters. The minimum absolute atomic E-state index is 0.439. The summed E-state index contributed by atoms with van der Waals surface area (Å²) < 4.78 is 35.5. The van der Waals surface area contributed by atoms with Crippen molar-refractivity contribution in [3.05, 3.63) is 23.3 Å². The zero-order valence-electron chi connectivity index (χ0n) is 7.50. The fourth-order valence-electron chi connectivity index (χ4n) is 0.852. The van der Waals surface area contributed by atoms with Crippen LogP contribution in [0.4, 0.5) is 13.2 Å². The van der Waals surface area contributed by atoms with Crippen LogP contribution in [0.1, 0.15) is 27.2 Å². The standard InChI is InChI=1S/C7H7F3.C2H6/c1-5-2-3-6(4-5)7(8,9)10;1-2/h3-4H,2H2,1H3;1-2H3. The Hall–Kier alpha value is -0.730. The first kappa shape index (κ1) is 11.3. The Bertz CT molecular complexity index is 196. The minimum atomic E-state index is -4.16.